The van der Waals surface area contributed by atoms with Gasteiger partial charge in [-0.25, -0.2) is 10.4 Å². The first kappa shape index (κ1) is 23.0. The van der Waals surface area contributed by atoms with Crippen LogP contribution in [0.5, 0.6) is 0 Å². The van der Waals surface area contributed by atoms with Crippen LogP contribution in [0.25, 0.3) is 11.1 Å². The number of hydrogen-bond acceptors (Lipinski definition) is 6. The lowest BCUT2D eigenvalue weighted by Crippen LogP contribution is -2.50. The van der Waals surface area contributed by atoms with E-state index in [1.807, 2.05) is 6.92 Å². The Kier molecular flexibility index (Phi) is 6.19. The van der Waals surface area contributed by atoms with E-state index in [4.69, 9.17) is 4.52 Å². The van der Waals surface area contributed by atoms with Crippen molar-refractivity contribution in [3.63, 3.8) is 0 Å². The van der Waals surface area contributed by atoms with Crippen molar-refractivity contribution in [3.8, 4) is 0 Å². The fraction of sp³-hybridized carbons (Fsp3) is 0.682. The summed E-state index contributed by atoms with van der Waals surface area (Å²) in [4.78, 5) is 19.2. The number of halogens is 3. The minimum Gasteiger partial charge on any atom is -0.341 e. The zero-order chi connectivity index (χ0) is 23.2. The summed E-state index contributed by atoms with van der Waals surface area (Å²) in [5, 5.41) is 3.94. The predicted octanol–water partition coefficient (Wildman–Crippen LogP) is 3.96. The monoisotopic (exact) mass is 453 g/mol. The van der Waals surface area contributed by atoms with Gasteiger partial charge in [-0.3, -0.25) is 10.2 Å². The van der Waals surface area contributed by atoms with E-state index in [9.17, 15) is 18.0 Å². The molecule has 10 heteroatoms. The van der Waals surface area contributed by atoms with Crippen LogP contribution in [0.15, 0.2) is 10.6 Å². The molecule has 0 aromatic carbocycles. The summed E-state index contributed by atoms with van der Waals surface area (Å²) in [5.41, 5.74) is 5.95. The molecule has 2 aliphatic rings. The Morgan fingerprint density at radius 3 is 2.72 bits per heavy atom. The zero-order valence-corrected chi connectivity index (χ0v) is 18.8. The van der Waals surface area contributed by atoms with Crippen molar-refractivity contribution in [3.05, 3.63) is 23.0 Å². The van der Waals surface area contributed by atoms with Crippen LogP contribution in [0.1, 0.15) is 75.7 Å². The third-order valence-electron chi connectivity index (χ3n) is 6.80. The van der Waals surface area contributed by atoms with Crippen LogP contribution in [-0.4, -0.2) is 46.1 Å². The maximum atomic E-state index is 13.9. The molecule has 2 aromatic rings. The fourth-order valence-corrected chi connectivity index (χ4v) is 4.84. The topological polar surface area (TPSA) is 83.3 Å². The van der Waals surface area contributed by atoms with E-state index in [2.05, 4.69) is 27.9 Å². The highest BCUT2D eigenvalue weighted by molar-refractivity contribution is 5.84. The molecular formula is C22H30F3N5O2. The Balaban J connectivity index is 1.64. The number of piperidine rings is 1. The van der Waals surface area contributed by atoms with Gasteiger partial charge in [-0.1, -0.05) is 32.9 Å². The molecule has 0 saturated carbocycles. The van der Waals surface area contributed by atoms with Crippen LogP contribution in [-0.2, 0) is 11.0 Å². The number of nitrogens with zero attached hydrogens (tertiary/aromatic N) is 3. The first-order valence-electron chi connectivity index (χ1n) is 11.3. The standard InChI is InChI=1S/C22H30F3N5O2/c1-5-15-12(4)18(28-27-15)21(31)30-8-6-7-13(10-30)19-17-14(22(23,24)25)9-16(11(2)3)26-20(17)32-29-19/h9,11-13,15,18,27-28H,5-8,10H2,1-4H3. The lowest BCUT2D eigenvalue weighted by molar-refractivity contribution is -0.137. The number of alkyl halides is 3. The van der Waals surface area contributed by atoms with Crippen LogP contribution >= 0.6 is 0 Å². The lowest BCUT2D eigenvalue weighted by atomic mass is 9.89. The number of carbonyl (C=O) groups excluding carboxylic acids is 1. The molecule has 4 rings (SSSR count). The summed E-state index contributed by atoms with van der Waals surface area (Å²) < 4.78 is 47.1. The molecular weight excluding hydrogens is 423 g/mol. The average Bonchev–Trinajstić information content (AvgIpc) is 3.35. The van der Waals surface area contributed by atoms with E-state index in [-0.39, 0.29) is 52.5 Å². The van der Waals surface area contributed by atoms with Gasteiger partial charge in [-0.15, -0.1) is 0 Å². The van der Waals surface area contributed by atoms with Crippen LogP contribution in [0, 0.1) is 5.92 Å². The molecule has 7 nitrogen and oxygen atoms in total. The second-order valence-electron chi connectivity index (χ2n) is 9.26. The second-order valence-corrected chi connectivity index (χ2v) is 9.26. The number of rotatable bonds is 4. The summed E-state index contributed by atoms with van der Waals surface area (Å²) in [6.45, 7) is 8.55. The number of nitrogens with one attached hydrogen (secondary N) is 2. The Bertz CT molecular complexity index is 990. The molecule has 2 aromatic heterocycles. The molecule has 0 aliphatic carbocycles. The Morgan fingerprint density at radius 2 is 2.09 bits per heavy atom. The molecule has 0 spiro atoms. The number of carbonyl (C=O) groups is 1. The molecule has 2 fully saturated rings. The maximum absolute atomic E-state index is 13.9. The highest BCUT2D eigenvalue weighted by Crippen LogP contribution is 2.41. The van der Waals surface area contributed by atoms with Crippen molar-refractivity contribution >= 4 is 17.0 Å². The zero-order valence-electron chi connectivity index (χ0n) is 18.8. The molecule has 4 heterocycles. The number of aromatic nitrogens is 2. The molecule has 32 heavy (non-hydrogen) atoms. The van der Waals surface area contributed by atoms with Gasteiger partial charge >= 0.3 is 6.18 Å². The Labute approximate surface area is 185 Å². The number of hydrogen-bond donors (Lipinski definition) is 2. The van der Waals surface area contributed by atoms with Crippen LogP contribution < -0.4 is 10.9 Å². The maximum Gasteiger partial charge on any atom is 0.417 e. The number of pyridine rings is 1. The third kappa shape index (κ3) is 4.10. The van der Waals surface area contributed by atoms with Gasteiger partial charge in [0.25, 0.3) is 5.71 Å². The molecule has 0 bridgehead atoms. The van der Waals surface area contributed by atoms with Crippen molar-refractivity contribution in [2.45, 2.75) is 77.1 Å². The van der Waals surface area contributed by atoms with Gasteiger partial charge in [-0.05, 0) is 37.2 Å². The molecule has 0 radical (unpaired) electrons. The van der Waals surface area contributed by atoms with Gasteiger partial charge in [0.2, 0.25) is 5.91 Å². The summed E-state index contributed by atoms with van der Waals surface area (Å²) in [6, 6.07) is 0.952. The van der Waals surface area contributed by atoms with Gasteiger partial charge in [0, 0.05) is 30.7 Å². The first-order valence-corrected chi connectivity index (χ1v) is 11.3. The number of fused-ring (bicyclic) bond motifs is 1. The minimum atomic E-state index is -4.56. The van der Waals surface area contributed by atoms with Gasteiger partial charge in [0.1, 0.15) is 6.04 Å². The quantitative estimate of drug-likeness (QED) is 0.729. The SMILES string of the molecule is CCC1NNC(C(=O)N2CCCC(c3noc4nc(C(C)C)cc(C(F)(F)F)c34)C2)C1C. The highest BCUT2D eigenvalue weighted by atomic mass is 19.4. The van der Waals surface area contributed by atoms with E-state index < -0.39 is 11.7 Å². The second kappa shape index (κ2) is 8.62. The molecule has 176 valence electrons. The highest BCUT2D eigenvalue weighted by Gasteiger charge is 2.41. The van der Waals surface area contributed by atoms with Gasteiger partial charge in [-0.2, -0.15) is 13.2 Å². The summed E-state index contributed by atoms with van der Waals surface area (Å²) in [5.74, 6) is -0.433. The number of likely N-dealkylation sites (tertiary alicyclic amines) is 1. The van der Waals surface area contributed by atoms with Crippen LogP contribution in [0.2, 0.25) is 0 Å². The van der Waals surface area contributed by atoms with Crippen molar-refractivity contribution in [2.75, 3.05) is 13.1 Å². The van der Waals surface area contributed by atoms with Crippen LogP contribution in [0.3, 0.4) is 0 Å². The van der Waals surface area contributed by atoms with Gasteiger partial charge < -0.3 is 9.42 Å². The summed E-state index contributed by atoms with van der Waals surface area (Å²) in [7, 11) is 0. The first-order chi connectivity index (χ1) is 15.1. The largest absolute Gasteiger partial charge is 0.417 e. The van der Waals surface area contributed by atoms with E-state index in [0.717, 1.165) is 12.5 Å². The number of amides is 1. The Morgan fingerprint density at radius 1 is 1.34 bits per heavy atom. The predicted molar refractivity (Wildman–Crippen MR) is 113 cm³/mol. The smallest absolute Gasteiger partial charge is 0.341 e. The van der Waals surface area contributed by atoms with E-state index in [0.29, 0.717) is 31.6 Å². The summed E-state index contributed by atoms with van der Waals surface area (Å²) in [6.07, 6.45) is -2.33. The van der Waals surface area contributed by atoms with Gasteiger partial charge in [0.05, 0.1) is 16.6 Å². The lowest BCUT2D eigenvalue weighted by Gasteiger charge is -2.34. The number of hydrazine groups is 1. The molecule has 4 unspecified atom stereocenters. The summed E-state index contributed by atoms with van der Waals surface area (Å²) >= 11 is 0. The van der Waals surface area contributed by atoms with Crippen molar-refractivity contribution in [2.24, 2.45) is 5.92 Å². The van der Waals surface area contributed by atoms with Crippen molar-refractivity contribution < 1.29 is 22.5 Å². The van der Waals surface area contributed by atoms with Crippen LogP contribution in [0.4, 0.5) is 13.2 Å². The molecule has 1 amide bonds. The molecule has 2 aliphatic heterocycles. The fourth-order valence-electron chi connectivity index (χ4n) is 4.84. The van der Waals surface area contributed by atoms with E-state index in [1.54, 1.807) is 18.7 Å². The average molecular weight is 454 g/mol. The Hall–Kier alpha value is -2.20. The minimum absolute atomic E-state index is 0.0327. The van der Waals surface area contributed by atoms with E-state index >= 15 is 0 Å². The molecule has 2 saturated heterocycles. The van der Waals surface area contributed by atoms with Crippen molar-refractivity contribution in [1.82, 2.24) is 25.9 Å². The third-order valence-corrected chi connectivity index (χ3v) is 6.80. The van der Waals surface area contributed by atoms with Gasteiger partial charge in [0.15, 0.2) is 0 Å². The normalized spacial score (nSPS) is 26.9. The molecule has 2 N–H and O–H groups in total. The molecule has 4 atom stereocenters. The van der Waals surface area contributed by atoms with Crippen molar-refractivity contribution in [1.29, 1.82) is 0 Å². The van der Waals surface area contributed by atoms with E-state index in [1.165, 1.54) is 0 Å².